The van der Waals surface area contributed by atoms with Crippen molar-refractivity contribution in [3.05, 3.63) is 0 Å². The third-order valence-corrected chi connectivity index (χ3v) is 3.61. The number of hydrogen-bond donors (Lipinski definition) is 1. The maximum Gasteiger partial charge on any atom is 0.385 e. The van der Waals surface area contributed by atoms with Gasteiger partial charge in [0.15, 0.2) is 0 Å². The average Bonchev–Trinajstić information content (AvgIpc) is 2.53. The van der Waals surface area contributed by atoms with Crippen molar-refractivity contribution in [3.63, 3.8) is 0 Å². The number of hydrogen-bond acceptors (Lipinski definition) is 4. The van der Waals surface area contributed by atoms with Crippen LogP contribution in [0.5, 0.6) is 0 Å². The molecule has 4 heteroatoms. The fourth-order valence-electron chi connectivity index (χ4n) is 2.78. The van der Waals surface area contributed by atoms with Crippen molar-refractivity contribution >= 4 is 5.97 Å². The highest BCUT2D eigenvalue weighted by molar-refractivity contribution is 5.89. The lowest BCUT2D eigenvalue weighted by Gasteiger charge is -2.50. The lowest BCUT2D eigenvalue weighted by molar-refractivity contribution is -0.258. The highest BCUT2D eigenvalue weighted by Crippen LogP contribution is 2.37. The second-order valence-electron chi connectivity index (χ2n) is 6.77. The summed E-state index contributed by atoms with van der Waals surface area (Å²) >= 11 is 0. The zero-order chi connectivity index (χ0) is 19.6. The van der Waals surface area contributed by atoms with Crippen LogP contribution >= 0.6 is 0 Å². The molecule has 0 saturated carbocycles. The van der Waals surface area contributed by atoms with E-state index in [2.05, 4.69) is 65.1 Å². The Hall–Kier alpha value is -3.25. The Balaban J connectivity index is -0.0000000563. The lowest BCUT2D eigenvalue weighted by atomic mass is 9.80. The molecule has 1 saturated heterocycles. The number of hydroxylamine groups is 2. The van der Waals surface area contributed by atoms with Gasteiger partial charge in [-0.15, -0.1) is 6.42 Å². The van der Waals surface area contributed by atoms with E-state index in [4.69, 9.17) is 11.2 Å². The monoisotopic (exact) mass is 369 g/mol. The van der Waals surface area contributed by atoms with Crippen LogP contribution in [0.4, 0.5) is 0 Å². The van der Waals surface area contributed by atoms with Crippen LogP contribution in [-0.4, -0.2) is 33.4 Å². The molecule has 1 N–H and O–H groups in total. The molecule has 26 heavy (non-hydrogen) atoms. The van der Waals surface area contributed by atoms with Crippen LogP contribution in [0.1, 0.15) is 57.7 Å². The van der Waals surface area contributed by atoms with Crippen LogP contribution in [0.2, 0.25) is 0 Å². The fraction of sp³-hybridized carbons (Fsp3) is 0.409. The van der Waals surface area contributed by atoms with E-state index in [0.717, 1.165) is 0 Å². The smallest absolute Gasteiger partial charge is 0.385 e. The minimum atomic E-state index is -0.653. The maximum absolute atomic E-state index is 11.8. The molecule has 0 aromatic heterocycles. The van der Waals surface area contributed by atoms with Crippen LogP contribution in [0.3, 0.4) is 0 Å². The van der Waals surface area contributed by atoms with Gasteiger partial charge < -0.3 is 9.94 Å². The Bertz CT molecular complexity index is 923. The molecule has 0 aromatic rings. The zero-order valence-electron chi connectivity index (χ0n) is 15.3. The molecule has 154 valence electrons. The number of nitrogens with zero attached hydrogens (tertiary/aromatic N) is 1. The van der Waals surface area contributed by atoms with Crippen LogP contribution in [0.15, 0.2) is 0 Å². The van der Waals surface area contributed by atoms with Gasteiger partial charge in [0.25, 0.3) is 0 Å². The Morgan fingerprint density at radius 2 is 1.38 bits per heavy atom. The van der Waals surface area contributed by atoms with E-state index >= 15 is 0 Å². The number of esters is 1. The number of terminal acetylenes is 1. The van der Waals surface area contributed by atoms with Crippen molar-refractivity contribution in [2.45, 2.75) is 57.7 Å². The van der Waals surface area contributed by atoms with Crippen molar-refractivity contribution in [2.75, 3.05) is 0 Å². The second kappa shape index (κ2) is 9.29. The molecule has 4 nitrogen and oxygen atoms in total. The predicted octanol–water partition coefficient (Wildman–Crippen LogP) is 4.54. The molecule has 0 aliphatic carbocycles. The molecular weight excluding hydrogens is 326 g/mol. The van der Waals surface area contributed by atoms with E-state index in [1.54, 1.807) is 0 Å². The number of rotatable bonds is 1. The van der Waals surface area contributed by atoms with E-state index in [9.17, 15) is 10.0 Å². The molecule has 0 aromatic carbocycles. The molecule has 0 amide bonds. The van der Waals surface area contributed by atoms with Crippen LogP contribution in [0.25, 0.3) is 0 Å². The van der Waals surface area contributed by atoms with Gasteiger partial charge >= 0.3 is 5.97 Å². The van der Waals surface area contributed by atoms with E-state index in [0.29, 0.717) is 12.8 Å². The summed E-state index contributed by atoms with van der Waals surface area (Å²) in [6.45, 7) is 7.58. The van der Waals surface area contributed by atoms with Gasteiger partial charge in [0.1, 0.15) is 6.10 Å². The molecule has 0 spiro atoms. The largest absolute Gasteiger partial charge is 0.453 e. The maximum atomic E-state index is 11.8. The molecule has 0 radical (unpaired) electrons. The van der Waals surface area contributed by atoms with Crippen molar-refractivity contribution in [1.82, 2.24) is 5.06 Å². The first-order valence-corrected chi connectivity index (χ1v) is 7.85. The predicted molar refractivity (Wildman–Crippen MR) is 124 cm³/mol. The molecule has 1 heterocycles. The van der Waals surface area contributed by atoms with Crippen molar-refractivity contribution in [3.8, 4) is 71.5 Å². The van der Waals surface area contributed by atoms with Crippen molar-refractivity contribution < 1.29 is 31.9 Å². The first-order chi connectivity index (χ1) is 12.2. The van der Waals surface area contributed by atoms with Crippen LogP contribution in [-0.2, 0) is 9.53 Å². The number of piperidine rings is 1. The third kappa shape index (κ3) is 6.70. The zero-order valence-corrected chi connectivity index (χ0v) is 15.3. The summed E-state index contributed by atoms with van der Waals surface area (Å²) < 4.78 is 5.39. The standard InChI is InChI=1S/C22H19NO3.12H2/c1-6-7-8-9-10-11-12-13-14-15-16-20(24)26-19-17-21(2,3)23(25)22(4,5)18-19;;;;;;;;;;;;/h1,19,25H,17-18H2,2-5H3;12*1H. The summed E-state index contributed by atoms with van der Waals surface area (Å²) in [5.41, 5.74) is -0.998. The van der Waals surface area contributed by atoms with Gasteiger partial charge in [-0.1, -0.05) is 0 Å². The first-order valence-electron chi connectivity index (χ1n) is 7.85. The number of carbonyl (C=O) groups excluding carboxylic acids is 1. The van der Waals surface area contributed by atoms with Gasteiger partial charge in [0.05, 0.1) is 0 Å². The van der Waals surface area contributed by atoms with Gasteiger partial charge in [-0.3, -0.25) is 0 Å². The summed E-state index contributed by atoms with van der Waals surface area (Å²) in [5, 5.41) is 11.5. The van der Waals surface area contributed by atoms with E-state index < -0.39 is 17.0 Å². The minimum Gasteiger partial charge on any atom is -0.453 e. The molecule has 1 rings (SSSR count). The van der Waals surface area contributed by atoms with E-state index in [-0.39, 0.29) is 23.2 Å². The van der Waals surface area contributed by atoms with Gasteiger partial charge in [-0.05, 0) is 86.9 Å². The number of ether oxygens (including phenoxy) is 1. The Labute approximate surface area is 173 Å². The fourth-order valence-corrected chi connectivity index (χ4v) is 2.78. The summed E-state index contributed by atoms with van der Waals surface area (Å²) in [4.78, 5) is 11.8. The van der Waals surface area contributed by atoms with Crippen molar-refractivity contribution in [2.24, 2.45) is 0 Å². The van der Waals surface area contributed by atoms with Crippen LogP contribution < -0.4 is 0 Å². The molecule has 0 atom stereocenters. The molecule has 1 fully saturated rings. The first kappa shape index (κ1) is 20.8. The molecule has 1 aliphatic heterocycles. The van der Waals surface area contributed by atoms with Crippen LogP contribution in [0, 0.1) is 71.5 Å². The van der Waals surface area contributed by atoms with E-state index in [1.165, 1.54) is 5.06 Å². The molecule has 1 aliphatic rings. The SMILES string of the molecule is C#CC#CC#CC#CC#CC#CC(=O)OC1CC(C)(C)N(O)C(C)(C)C1.[HH].[HH].[HH].[HH].[HH].[HH].[HH].[HH].[HH].[HH].[HH].[HH]. The Kier molecular flexibility index (Phi) is 7.43. The lowest BCUT2D eigenvalue weighted by Crippen LogP contribution is -2.60. The summed E-state index contributed by atoms with van der Waals surface area (Å²) in [6, 6.07) is 0. The third-order valence-electron chi connectivity index (χ3n) is 3.61. The molecule has 0 bridgehead atoms. The second-order valence-corrected chi connectivity index (χ2v) is 6.77. The highest BCUT2D eigenvalue weighted by atomic mass is 16.5. The normalized spacial score (nSPS) is 16.8. The number of carbonyl (C=O) groups is 1. The minimum absolute atomic E-state index is 0. The van der Waals surface area contributed by atoms with Gasteiger partial charge in [0, 0.05) is 47.0 Å². The van der Waals surface area contributed by atoms with Gasteiger partial charge in [0.2, 0.25) is 0 Å². The van der Waals surface area contributed by atoms with Crippen molar-refractivity contribution in [1.29, 1.82) is 0 Å². The average molecular weight is 370 g/mol. The highest BCUT2D eigenvalue weighted by Gasteiger charge is 2.46. The summed E-state index contributed by atoms with van der Waals surface area (Å²) in [5.74, 6) is 25.5. The quantitative estimate of drug-likeness (QED) is 0.419. The topological polar surface area (TPSA) is 49.8 Å². The Morgan fingerprint density at radius 3 is 1.85 bits per heavy atom. The summed E-state index contributed by atoms with van der Waals surface area (Å²) in [7, 11) is 0. The Morgan fingerprint density at radius 1 is 0.962 bits per heavy atom. The molecular formula is C22H43NO3. The summed E-state index contributed by atoms with van der Waals surface area (Å²) in [6.07, 6.45) is 5.63. The molecule has 0 unspecified atom stereocenters. The van der Waals surface area contributed by atoms with Gasteiger partial charge in [-0.2, -0.15) is 5.06 Å². The van der Waals surface area contributed by atoms with E-state index in [1.807, 2.05) is 27.7 Å². The van der Waals surface area contributed by atoms with Gasteiger partial charge in [-0.25, -0.2) is 4.79 Å².